The molecular weight excluding hydrogens is 374 g/mol. The lowest BCUT2D eigenvalue weighted by Gasteiger charge is -2.12. The first kappa shape index (κ1) is 20.0. The summed E-state index contributed by atoms with van der Waals surface area (Å²) in [5.74, 6) is 0.458. The van der Waals surface area contributed by atoms with Crippen molar-refractivity contribution in [2.45, 2.75) is 13.2 Å². The number of ether oxygens (including phenoxy) is 1. The Labute approximate surface area is 169 Å². The van der Waals surface area contributed by atoms with Crippen molar-refractivity contribution < 1.29 is 9.53 Å². The Morgan fingerprint density at radius 3 is 2.71 bits per heavy atom. The van der Waals surface area contributed by atoms with Crippen LogP contribution in [0.1, 0.15) is 11.1 Å². The van der Waals surface area contributed by atoms with Gasteiger partial charge in [-0.2, -0.15) is 0 Å². The molecule has 1 heterocycles. The fraction of sp³-hybridized carbons (Fsp3) is 0.227. The molecule has 0 fully saturated rings. The highest BCUT2D eigenvalue weighted by molar-refractivity contribution is 6.32. The van der Waals surface area contributed by atoms with Gasteiger partial charge in [-0.05, 0) is 37.4 Å². The number of hydrogen-bond acceptors (Lipinski definition) is 3. The van der Waals surface area contributed by atoms with Crippen molar-refractivity contribution in [3.63, 3.8) is 0 Å². The number of carbonyl (C=O) groups excluding carboxylic acids is 1. The van der Waals surface area contributed by atoms with Gasteiger partial charge >= 0.3 is 0 Å². The standard InChI is InChI=1S/C22H24ClN3O2/c1-15(13-26(2)3)22(27)25-12-17-11-24-20-10-19(23)21(9-18(17)20)28-14-16-7-5-4-6-8-16/h4-11,24H,1,12-14H2,2-3H3,(H,25,27). The first-order chi connectivity index (χ1) is 13.4. The molecular formula is C22H24ClN3O2. The predicted octanol–water partition coefficient (Wildman–Crippen LogP) is 4.13. The molecule has 3 rings (SSSR count). The van der Waals surface area contributed by atoms with Gasteiger partial charge in [-0.3, -0.25) is 4.79 Å². The van der Waals surface area contributed by atoms with Crippen LogP contribution in [0.5, 0.6) is 5.75 Å². The number of fused-ring (bicyclic) bond motifs is 1. The minimum absolute atomic E-state index is 0.155. The average Bonchev–Trinajstić information content (AvgIpc) is 3.06. The molecule has 0 saturated heterocycles. The lowest BCUT2D eigenvalue weighted by molar-refractivity contribution is -0.117. The smallest absolute Gasteiger partial charge is 0.248 e. The minimum Gasteiger partial charge on any atom is -0.487 e. The van der Waals surface area contributed by atoms with E-state index in [1.165, 1.54) is 0 Å². The molecule has 1 amide bonds. The summed E-state index contributed by atoms with van der Waals surface area (Å²) in [5, 5.41) is 4.42. The molecule has 0 unspecified atom stereocenters. The Bertz CT molecular complexity index is 980. The number of carbonyl (C=O) groups is 1. The molecule has 3 aromatic rings. The summed E-state index contributed by atoms with van der Waals surface area (Å²) in [5.41, 5.74) is 3.45. The van der Waals surface area contributed by atoms with Crippen molar-refractivity contribution in [1.82, 2.24) is 15.2 Å². The maximum atomic E-state index is 12.2. The van der Waals surface area contributed by atoms with E-state index in [1.54, 1.807) is 0 Å². The molecule has 2 aromatic carbocycles. The number of rotatable bonds is 8. The Morgan fingerprint density at radius 2 is 2.00 bits per heavy atom. The zero-order valence-electron chi connectivity index (χ0n) is 16.1. The van der Waals surface area contributed by atoms with E-state index in [0.717, 1.165) is 22.0 Å². The van der Waals surface area contributed by atoms with Crippen LogP contribution < -0.4 is 10.1 Å². The lowest BCUT2D eigenvalue weighted by atomic mass is 10.1. The summed E-state index contributed by atoms with van der Waals surface area (Å²) in [6.45, 7) is 5.19. The van der Waals surface area contributed by atoms with E-state index in [4.69, 9.17) is 16.3 Å². The Kier molecular flexibility index (Phi) is 6.39. The van der Waals surface area contributed by atoms with E-state index in [-0.39, 0.29) is 5.91 Å². The summed E-state index contributed by atoms with van der Waals surface area (Å²) in [6.07, 6.45) is 1.87. The minimum atomic E-state index is -0.155. The Hall–Kier alpha value is -2.76. The first-order valence-corrected chi connectivity index (χ1v) is 9.39. The second kappa shape index (κ2) is 8.95. The van der Waals surface area contributed by atoms with Crippen molar-refractivity contribution >= 4 is 28.4 Å². The normalized spacial score (nSPS) is 11.0. The molecule has 6 heteroatoms. The quantitative estimate of drug-likeness (QED) is 0.562. The molecule has 0 aliphatic carbocycles. The molecule has 146 valence electrons. The van der Waals surface area contributed by atoms with Crippen LogP contribution in [-0.2, 0) is 17.9 Å². The summed E-state index contributed by atoms with van der Waals surface area (Å²) in [6, 6.07) is 13.7. The van der Waals surface area contributed by atoms with Gasteiger partial charge < -0.3 is 19.9 Å². The summed E-state index contributed by atoms with van der Waals surface area (Å²) in [4.78, 5) is 17.3. The number of halogens is 1. The molecule has 0 aliphatic heterocycles. The summed E-state index contributed by atoms with van der Waals surface area (Å²) >= 11 is 6.37. The van der Waals surface area contributed by atoms with Gasteiger partial charge in [-0.15, -0.1) is 0 Å². The van der Waals surface area contributed by atoms with Crippen molar-refractivity contribution in [1.29, 1.82) is 0 Å². The first-order valence-electron chi connectivity index (χ1n) is 9.01. The summed E-state index contributed by atoms with van der Waals surface area (Å²) < 4.78 is 5.91. The largest absolute Gasteiger partial charge is 0.487 e. The number of nitrogens with one attached hydrogen (secondary N) is 2. The maximum absolute atomic E-state index is 12.2. The fourth-order valence-electron chi connectivity index (χ4n) is 2.93. The lowest BCUT2D eigenvalue weighted by Crippen LogP contribution is -2.29. The topological polar surface area (TPSA) is 57.4 Å². The van der Waals surface area contributed by atoms with Gasteiger partial charge in [-0.25, -0.2) is 0 Å². The number of aromatic amines is 1. The van der Waals surface area contributed by atoms with Crippen molar-refractivity contribution in [2.75, 3.05) is 20.6 Å². The van der Waals surface area contributed by atoms with Gasteiger partial charge in [0, 0.05) is 35.8 Å². The van der Waals surface area contributed by atoms with E-state index < -0.39 is 0 Å². The molecule has 0 spiro atoms. The zero-order valence-corrected chi connectivity index (χ0v) is 16.8. The predicted molar refractivity (Wildman–Crippen MR) is 114 cm³/mol. The van der Waals surface area contributed by atoms with E-state index in [9.17, 15) is 4.79 Å². The van der Waals surface area contributed by atoms with Crippen LogP contribution in [0.2, 0.25) is 5.02 Å². The third-order valence-electron chi connectivity index (χ3n) is 4.32. The van der Waals surface area contributed by atoms with Crippen LogP contribution in [0, 0.1) is 0 Å². The van der Waals surface area contributed by atoms with E-state index >= 15 is 0 Å². The van der Waals surface area contributed by atoms with Crippen LogP contribution in [0.3, 0.4) is 0 Å². The molecule has 5 nitrogen and oxygen atoms in total. The highest BCUT2D eigenvalue weighted by Crippen LogP contribution is 2.32. The van der Waals surface area contributed by atoms with Crippen LogP contribution in [0.4, 0.5) is 0 Å². The Morgan fingerprint density at radius 1 is 1.25 bits per heavy atom. The number of aromatic nitrogens is 1. The molecule has 2 N–H and O–H groups in total. The van der Waals surface area contributed by atoms with Gasteiger partial charge in [0.15, 0.2) is 0 Å². The van der Waals surface area contributed by atoms with Gasteiger partial charge in [0.2, 0.25) is 5.91 Å². The van der Waals surface area contributed by atoms with Crippen LogP contribution in [0.25, 0.3) is 10.9 Å². The third kappa shape index (κ3) is 4.94. The molecule has 0 saturated carbocycles. The van der Waals surface area contributed by atoms with Gasteiger partial charge in [0.25, 0.3) is 0 Å². The number of amides is 1. The monoisotopic (exact) mass is 397 g/mol. The third-order valence-corrected chi connectivity index (χ3v) is 4.62. The highest BCUT2D eigenvalue weighted by Gasteiger charge is 2.12. The summed E-state index contributed by atoms with van der Waals surface area (Å²) in [7, 11) is 3.80. The van der Waals surface area contributed by atoms with Crippen LogP contribution in [-0.4, -0.2) is 36.4 Å². The van der Waals surface area contributed by atoms with Crippen molar-refractivity contribution in [3.05, 3.63) is 77.0 Å². The molecule has 0 radical (unpaired) electrons. The average molecular weight is 398 g/mol. The number of likely N-dealkylation sites (N-methyl/N-ethyl adjacent to an activating group) is 1. The van der Waals surface area contributed by atoms with Crippen molar-refractivity contribution in [2.24, 2.45) is 0 Å². The van der Waals surface area contributed by atoms with E-state index in [1.807, 2.05) is 67.7 Å². The van der Waals surface area contributed by atoms with Crippen molar-refractivity contribution in [3.8, 4) is 5.75 Å². The molecule has 0 atom stereocenters. The van der Waals surface area contributed by atoms with Gasteiger partial charge in [0.1, 0.15) is 12.4 Å². The second-order valence-electron chi connectivity index (χ2n) is 6.94. The van der Waals surface area contributed by atoms with Gasteiger partial charge in [0.05, 0.1) is 5.02 Å². The Balaban J connectivity index is 1.72. The second-order valence-corrected chi connectivity index (χ2v) is 7.35. The van der Waals surface area contributed by atoms with Gasteiger partial charge in [-0.1, -0.05) is 48.5 Å². The molecule has 1 aromatic heterocycles. The maximum Gasteiger partial charge on any atom is 0.248 e. The molecule has 0 bridgehead atoms. The van der Waals surface area contributed by atoms with Crippen LogP contribution in [0.15, 0.2) is 60.8 Å². The number of nitrogens with zero attached hydrogens (tertiary/aromatic N) is 1. The van der Waals surface area contributed by atoms with Crippen LogP contribution >= 0.6 is 11.6 Å². The number of H-pyrrole nitrogens is 1. The molecule has 0 aliphatic rings. The zero-order chi connectivity index (χ0) is 20.1. The number of hydrogen-bond donors (Lipinski definition) is 2. The molecule has 28 heavy (non-hydrogen) atoms. The highest BCUT2D eigenvalue weighted by atomic mass is 35.5. The number of benzene rings is 2. The van der Waals surface area contributed by atoms with E-state index in [2.05, 4.69) is 16.9 Å². The SMILES string of the molecule is C=C(CN(C)C)C(=O)NCc1c[nH]c2cc(Cl)c(OCc3ccccc3)cc12. The fourth-order valence-corrected chi connectivity index (χ4v) is 3.15. The van der Waals surface area contributed by atoms with E-state index in [0.29, 0.717) is 36.0 Å².